The molecule has 0 saturated heterocycles. The van der Waals surface area contributed by atoms with Crippen molar-refractivity contribution in [1.82, 2.24) is 0 Å². The summed E-state index contributed by atoms with van der Waals surface area (Å²) in [5.74, 6) is 0.0897. The minimum atomic E-state index is -4.95. The Bertz CT molecular complexity index is 1670. The van der Waals surface area contributed by atoms with Crippen LogP contribution in [-0.4, -0.2) is 96.7 Å². The van der Waals surface area contributed by atoms with Gasteiger partial charge in [-0.2, -0.15) is 0 Å². The number of hydrogen-bond acceptors (Lipinski definition) is 15. The SMILES string of the molecule is CCCCCCCCCCCC(=O)OC[C@H](COP(=O)(O)OC[C@H](O)COP(=O)(O)OC[C@@H](COC(=O)CCCCCCCCC(C)CC)OC(=O)CCCCCCCCCCCCCCC(C)C)OC(=O)CCCCCCCCC(C)CC. The summed E-state index contributed by atoms with van der Waals surface area (Å²) in [6.45, 7) is 11.7. The van der Waals surface area contributed by atoms with E-state index >= 15 is 0 Å². The number of aliphatic hydroxyl groups excluding tert-OH is 1. The molecule has 498 valence electrons. The van der Waals surface area contributed by atoms with E-state index in [2.05, 4.69) is 48.5 Å². The number of carbonyl (C=O) groups excluding carboxylic acids is 4. The van der Waals surface area contributed by atoms with Crippen LogP contribution in [0.15, 0.2) is 0 Å². The Hall–Kier alpha value is -1.94. The Morgan fingerprint density at radius 3 is 0.905 bits per heavy atom. The molecule has 0 aromatic heterocycles. The molecular weight excluding hydrogens is 1110 g/mol. The summed E-state index contributed by atoms with van der Waals surface area (Å²) in [6.07, 6.45) is 37.6. The van der Waals surface area contributed by atoms with Crippen LogP contribution < -0.4 is 0 Å². The lowest BCUT2D eigenvalue weighted by atomic mass is 10.00. The molecule has 0 aromatic carbocycles. The van der Waals surface area contributed by atoms with E-state index in [9.17, 15) is 43.2 Å². The van der Waals surface area contributed by atoms with Crippen molar-refractivity contribution in [3.8, 4) is 0 Å². The monoisotopic (exact) mass is 1240 g/mol. The summed E-state index contributed by atoms with van der Waals surface area (Å²) in [5.41, 5.74) is 0. The van der Waals surface area contributed by atoms with Crippen molar-refractivity contribution in [3.63, 3.8) is 0 Å². The topological polar surface area (TPSA) is 237 Å². The van der Waals surface area contributed by atoms with Crippen LogP contribution >= 0.6 is 15.6 Å². The smallest absolute Gasteiger partial charge is 0.462 e. The molecule has 0 aromatic rings. The number of rotatable bonds is 63. The van der Waals surface area contributed by atoms with Crippen molar-refractivity contribution in [2.75, 3.05) is 39.6 Å². The van der Waals surface area contributed by atoms with Crippen molar-refractivity contribution in [1.29, 1.82) is 0 Å². The molecule has 4 unspecified atom stereocenters. The fourth-order valence-corrected chi connectivity index (χ4v) is 11.2. The number of phosphoric ester groups is 2. The van der Waals surface area contributed by atoms with Gasteiger partial charge < -0.3 is 33.8 Å². The van der Waals surface area contributed by atoms with Gasteiger partial charge in [-0.1, -0.05) is 267 Å². The normalized spacial score (nSPS) is 15.0. The van der Waals surface area contributed by atoms with Crippen LogP contribution in [0.3, 0.4) is 0 Å². The molecule has 0 aliphatic heterocycles. The molecule has 19 heteroatoms. The molecule has 0 aliphatic rings. The zero-order valence-electron chi connectivity index (χ0n) is 54.4. The van der Waals surface area contributed by atoms with Crippen LogP contribution in [-0.2, 0) is 65.4 Å². The van der Waals surface area contributed by atoms with Gasteiger partial charge in [0.1, 0.15) is 19.3 Å². The average molecular weight is 1240 g/mol. The fraction of sp³-hybridized carbons (Fsp3) is 0.938. The van der Waals surface area contributed by atoms with Crippen LogP contribution in [0.5, 0.6) is 0 Å². The molecule has 0 aliphatic carbocycles. The minimum Gasteiger partial charge on any atom is -0.462 e. The largest absolute Gasteiger partial charge is 0.472 e. The standard InChI is InChI=1S/C65H126O17P2/c1-8-11-12-13-14-19-23-32-39-46-62(67)75-52-61(82-65(70)49-42-35-28-26-31-38-45-58(7)10-3)55-80-84(73,74)78-51-59(66)50-77-83(71,72)79-54-60(53-76-63(68)47-40-33-27-25-30-37-44-57(6)9-2)81-64(69)48-41-34-24-21-18-16-15-17-20-22-29-36-43-56(4)5/h56-61,66H,8-55H2,1-7H3,(H,71,72)(H,73,74)/t57?,58?,59-,60-,61-/m1/s1. The van der Waals surface area contributed by atoms with Gasteiger partial charge >= 0.3 is 39.5 Å². The maximum absolute atomic E-state index is 13.0. The van der Waals surface area contributed by atoms with E-state index in [1.54, 1.807) is 0 Å². The molecule has 84 heavy (non-hydrogen) atoms. The Balaban J connectivity index is 5.24. The highest BCUT2D eigenvalue weighted by Crippen LogP contribution is 2.45. The first-order chi connectivity index (χ1) is 40.3. The lowest BCUT2D eigenvalue weighted by molar-refractivity contribution is -0.161. The molecule has 0 bridgehead atoms. The van der Waals surface area contributed by atoms with Crippen molar-refractivity contribution in [2.24, 2.45) is 17.8 Å². The number of ether oxygens (including phenoxy) is 4. The summed E-state index contributed by atoms with van der Waals surface area (Å²) in [6, 6.07) is 0. The molecule has 0 amide bonds. The number of hydrogen-bond donors (Lipinski definition) is 3. The van der Waals surface area contributed by atoms with Crippen LogP contribution in [0.1, 0.15) is 318 Å². The molecule has 0 heterocycles. The number of esters is 4. The molecule has 0 radical (unpaired) electrons. The van der Waals surface area contributed by atoms with Gasteiger partial charge in [-0.05, 0) is 43.4 Å². The van der Waals surface area contributed by atoms with Gasteiger partial charge in [0.2, 0.25) is 0 Å². The van der Waals surface area contributed by atoms with Crippen molar-refractivity contribution in [3.05, 3.63) is 0 Å². The second-order valence-corrected chi connectivity index (χ2v) is 27.4. The average Bonchev–Trinajstić information content (AvgIpc) is 3.58. The van der Waals surface area contributed by atoms with Crippen LogP contribution in [0.4, 0.5) is 0 Å². The Labute approximate surface area is 511 Å². The fourth-order valence-electron chi connectivity index (χ4n) is 9.59. The third kappa shape index (κ3) is 56.6. The lowest BCUT2D eigenvalue weighted by Gasteiger charge is -2.21. The molecular formula is C65H126O17P2. The first-order valence-electron chi connectivity index (χ1n) is 33.9. The number of phosphoric acid groups is 2. The van der Waals surface area contributed by atoms with Gasteiger partial charge in [0.25, 0.3) is 0 Å². The van der Waals surface area contributed by atoms with E-state index in [4.69, 9.17) is 37.0 Å². The zero-order valence-corrected chi connectivity index (χ0v) is 56.1. The lowest BCUT2D eigenvalue weighted by Crippen LogP contribution is -2.30. The van der Waals surface area contributed by atoms with Crippen molar-refractivity contribution in [2.45, 2.75) is 336 Å². The molecule has 0 saturated carbocycles. The van der Waals surface area contributed by atoms with E-state index in [1.807, 2.05) is 0 Å². The maximum Gasteiger partial charge on any atom is 0.472 e. The molecule has 0 spiro atoms. The predicted molar refractivity (Wildman–Crippen MR) is 335 cm³/mol. The Morgan fingerprint density at radius 1 is 0.345 bits per heavy atom. The molecule has 0 rings (SSSR count). The van der Waals surface area contributed by atoms with Crippen molar-refractivity contribution >= 4 is 39.5 Å². The van der Waals surface area contributed by atoms with Crippen molar-refractivity contribution < 1.29 is 80.2 Å². The number of unbranched alkanes of at least 4 members (excludes halogenated alkanes) is 29. The zero-order chi connectivity index (χ0) is 62.4. The van der Waals surface area contributed by atoms with E-state index < -0.39 is 97.5 Å². The van der Waals surface area contributed by atoms with Gasteiger partial charge in [0.05, 0.1) is 26.4 Å². The van der Waals surface area contributed by atoms with Gasteiger partial charge in [0, 0.05) is 25.7 Å². The van der Waals surface area contributed by atoms with Gasteiger partial charge in [-0.3, -0.25) is 37.3 Å². The third-order valence-electron chi connectivity index (χ3n) is 15.6. The van der Waals surface area contributed by atoms with Gasteiger partial charge in [0.15, 0.2) is 12.2 Å². The molecule has 3 N–H and O–H groups in total. The van der Waals surface area contributed by atoms with Gasteiger partial charge in [-0.15, -0.1) is 0 Å². The Morgan fingerprint density at radius 2 is 0.607 bits per heavy atom. The van der Waals surface area contributed by atoms with E-state index in [-0.39, 0.29) is 25.7 Å². The summed E-state index contributed by atoms with van der Waals surface area (Å²) in [4.78, 5) is 72.2. The minimum absolute atomic E-state index is 0.102. The van der Waals surface area contributed by atoms with E-state index in [0.29, 0.717) is 25.7 Å². The van der Waals surface area contributed by atoms with Crippen LogP contribution in [0, 0.1) is 17.8 Å². The Kier molecular flexibility index (Phi) is 55.0. The second kappa shape index (κ2) is 56.3. The molecule has 0 fully saturated rings. The summed E-state index contributed by atoms with van der Waals surface area (Å²) < 4.78 is 68.0. The van der Waals surface area contributed by atoms with Crippen LogP contribution in [0.25, 0.3) is 0 Å². The number of aliphatic hydroxyl groups is 1. The predicted octanol–water partition coefficient (Wildman–Crippen LogP) is 17.9. The van der Waals surface area contributed by atoms with Gasteiger partial charge in [-0.25, -0.2) is 9.13 Å². The summed E-state index contributed by atoms with van der Waals surface area (Å²) >= 11 is 0. The summed E-state index contributed by atoms with van der Waals surface area (Å²) in [5, 5.41) is 10.5. The van der Waals surface area contributed by atoms with Crippen LogP contribution in [0.2, 0.25) is 0 Å². The third-order valence-corrected chi connectivity index (χ3v) is 17.5. The molecule has 7 atom stereocenters. The highest BCUT2D eigenvalue weighted by Gasteiger charge is 2.30. The van der Waals surface area contributed by atoms with E-state index in [0.717, 1.165) is 114 Å². The quantitative estimate of drug-likeness (QED) is 0.0222. The van der Waals surface area contributed by atoms with E-state index in [1.165, 1.54) is 122 Å². The highest BCUT2D eigenvalue weighted by atomic mass is 31.2. The number of carbonyl (C=O) groups is 4. The summed E-state index contributed by atoms with van der Waals surface area (Å²) in [7, 11) is -9.89. The first kappa shape index (κ1) is 82.1. The highest BCUT2D eigenvalue weighted by molar-refractivity contribution is 7.47. The first-order valence-corrected chi connectivity index (χ1v) is 36.9. The second-order valence-electron chi connectivity index (χ2n) is 24.5. The maximum atomic E-state index is 13.0. The molecule has 17 nitrogen and oxygen atoms in total.